The first-order chi connectivity index (χ1) is 9.65. The van der Waals surface area contributed by atoms with Crippen LogP contribution in [-0.2, 0) is 0 Å². The number of methoxy groups -OCH3 is 1. The Balaban J connectivity index is 2.18. The summed E-state index contributed by atoms with van der Waals surface area (Å²) in [5.41, 5.74) is 0.587. The molecule has 0 radical (unpaired) electrons. The third-order valence-electron chi connectivity index (χ3n) is 3.47. The lowest BCUT2D eigenvalue weighted by atomic mass is 10.1. The van der Waals surface area contributed by atoms with E-state index in [1.165, 1.54) is 12.8 Å². The topological polar surface area (TPSA) is 47.6 Å². The van der Waals surface area contributed by atoms with Crippen LogP contribution in [0, 0.1) is 0 Å². The van der Waals surface area contributed by atoms with Crippen molar-refractivity contribution in [1.82, 2.24) is 5.32 Å². The second-order valence-electron chi connectivity index (χ2n) is 4.88. The summed E-state index contributed by atoms with van der Waals surface area (Å²) >= 11 is 3.44. The summed E-state index contributed by atoms with van der Waals surface area (Å²) < 4.78 is 11.6. The number of ether oxygens (including phenoxy) is 2. The monoisotopic (exact) mass is 341 g/mol. The number of nitrogens with one attached hydrogen (secondary N) is 1. The SMILES string of the molecule is CCOc1c(Br)cc(C(=O)NC2CCCC2)cc1OC. The maximum atomic E-state index is 12.3. The number of halogens is 1. The second-order valence-corrected chi connectivity index (χ2v) is 5.73. The van der Waals surface area contributed by atoms with Crippen LogP contribution in [0.5, 0.6) is 11.5 Å². The lowest BCUT2D eigenvalue weighted by Crippen LogP contribution is -2.32. The molecular weight excluding hydrogens is 322 g/mol. The molecular formula is C15H20BrNO3. The molecule has 0 aromatic heterocycles. The molecule has 0 aliphatic heterocycles. The van der Waals surface area contributed by atoms with E-state index in [2.05, 4.69) is 21.2 Å². The molecule has 20 heavy (non-hydrogen) atoms. The van der Waals surface area contributed by atoms with Crippen molar-refractivity contribution in [3.05, 3.63) is 22.2 Å². The first-order valence-electron chi connectivity index (χ1n) is 6.97. The molecule has 0 saturated heterocycles. The van der Waals surface area contributed by atoms with Crippen molar-refractivity contribution >= 4 is 21.8 Å². The number of carbonyl (C=O) groups is 1. The van der Waals surface area contributed by atoms with E-state index < -0.39 is 0 Å². The average Bonchev–Trinajstić information content (AvgIpc) is 2.93. The van der Waals surface area contributed by atoms with E-state index in [1.807, 2.05) is 6.92 Å². The molecule has 1 N–H and O–H groups in total. The van der Waals surface area contributed by atoms with E-state index in [0.717, 1.165) is 17.3 Å². The number of carbonyl (C=O) groups excluding carboxylic acids is 1. The van der Waals surface area contributed by atoms with Crippen LogP contribution in [0.1, 0.15) is 43.0 Å². The Bertz CT molecular complexity index is 484. The summed E-state index contributed by atoms with van der Waals surface area (Å²) in [4.78, 5) is 12.3. The minimum atomic E-state index is -0.0565. The summed E-state index contributed by atoms with van der Waals surface area (Å²) in [7, 11) is 1.57. The van der Waals surface area contributed by atoms with Gasteiger partial charge in [0.2, 0.25) is 0 Å². The molecule has 0 spiro atoms. The van der Waals surface area contributed by atoms with E-state index in [0.29, 0.717) is 29.7 Å². The van der Waals surface area contributed by atoms with Crippen LogP contribution < -0.4 is 14.8 Å². The van der Waals surface area contributed by atoms with Gasteiger partial charge in [-0.15, -0.1) is 0 Å². The highest BCUT2D eigenvalue weighted by atomic mass is 79.9. The smallest absolute Gasteiger partial charge is 0.251 e. The molecule has 5 heteroatoms. The van der Waals surface area contributed by atoms with Crippen LogP contribution in [0.25, 0.3) is 0 Å². The van der Waals surface area contributed by atoms with Crippen molar-refractivity contribution < 1.29 is 14.3 Å². The largest absolute Gasteiger partial charge is 0.493 e. The molecule has 1 aliphatic rings. The minimum absolute atomic E-state index is 0.0565. The van der Waals surface area contributed by atoms with Gasteiger partial charge in [-0.1, -0.05) is 12.8 Å². The van der Waals surface area contributed by atoms with E-state index in [-0.39, 0.29) is 5.91 Å². The number of hydrogen-bond donors (Lipinski definition) is 1. The molecule has 1 saturated carbocycles. The van der Waals surface area contributed by atoms with Crippen molar-refractivity contribution in [3.8, 4) is 11.5 Å². The number of rotatable bonds is 5. The van der Waals surface area contributed by atoms with Gasteiger partial charge in [0.25, 0.3) is 5.91 Å². The van der Waals surface area contributed by atoms with Crippen LogP contribution in [0.2, 0.25) is 0 Å². The maximum Gasteiger partial charge on any atom is 0.251 e. The van der Waals surface area contributed by atoms with Crippen LogP contribution >= 0.6 is 15.9 Å². The fourth-order valence-corrected chi connectivity index (χ4v) is 3.03. The number of hydrogen-bond acceptors (Lipinski definition) is 3. The molecule has 0 bridgehead atoms. The zero-order valence-corrected chi connectivity index (χ0v) is 13.5. The summed E-state index contributed by atoms with van der Waals surface area (Å²) in [5, 5.41) is 3.07. The van der Waals surface area contributed by atoms with Crippen molar-refractivity contribution in [2.24, 2.45) is 0 Å². The highest BCUT2D eigenvalue weighted by Gasteiger charge is 2.20. The summed E-state index contributed by atoms with van der Waals surface area (Å²) in [6, 6.07) is 3.80. The van der Waals surface area contributed by atoms with Crippen LogP contribution in [-0.4, -0.2) is 25.7 Å². The maximum absolute atomic E-state index is 12.3. The zero-order chi connectivity index (χ0) is 14.5. The fraction of sp³-hybridized carbons (Fsp3) is 0.533. The second kappa shape index (κ2) is 6.97. The Kier molecular flexibility index (Phi) is 5.29. The van der Waals surface area contributed by atoms with Gasteiger partial charge in [0.05, 0.1) is 18.2 Å². The third kappa shape index (κ3) is 3.45. The van der Waals surface area contributed by atoms with Gasteiger partial charge in [0.15, 0.2) is 11.5 Å². The van der Waals surface area contributed by atoms with Gasteiger partial charge in [-0.3, -0.25) is 4.79 Å². The molecule has 1 aromatic carbocycles. The van der Waals surface area contributed by atoms with E-state index >= 15 is 0 Å². The van der Waals surface area contributed by atoms with Gasteiger partial charge < -0.3 is 14.8 Å². The number of benzene rings is 1. The molecule has 1 amide bonds. The molecule has 2 rings (SSSR count). The van der Waals surface area contributed by atoms with Crippen molar-refractivity contribution in [2.75, 3.05) is 13.7 Å². The molecule has 1 aliphatic carbocycles. The molecule has 110 valence electrons. The Morgan fingerprint density at radius 1 is 1.40 bits per heavy atom. The Morgan fingerprint density at radius 3 is 2.70 bits per heavy atom. The molecule has 0 unspecified atom stereocenters. The third-order valence-corrected chi connectivity index (χ3v) is 4.06. The lowest BCUT2D eigenvalue weighted by Gasteiger charge is -2.15. The lowest BCUT2D eigenvalue weighted by molar-refractivity contribution is 0.0937. The van der Waals surface area contributed by atoms with Crippen LogP contribution in [0.3, 0.4) is 0 Å². The fourth-order valence-electron chi connectivity index (χ4n) is 2.47. The molecule has 1 fully saturated rings. The van der Waals surface area contributed by atoms with Crippen molar-refractivity contribution in [1.29, 1.82) is 0 Å². The van der Waals surface area contributed by atoms with Gasteiger partial charge in [0, 0.05) is 11.6 Å². The van der Waals surface area contributed by atoms with E-state index in [9.17, 15) is 4.79 Å². The standard InChI is InChI=1S/C15H20BrNO3/c1-3-20-14-12(16)8-10(9-13(14)19-2)15(18)17-11-6-4-5-7-11/h8-9,11H,3-7H2,1-2H3,(H,17,18). The van der Waals surface area contributed by atoms with Gasteiger partial charge in [-0.2, -0.15) is 0 Å². The Hall–Kier alpha value is -1.23. The van der Waals surface area contributed by atoms with Gasteiger partial charge in [-0.25, -0.2) is 0 Å². The quantitative estimate of drug-likeness (QED) is 0.891. The van der Waals surface area contributed by atoms with Crippen LogP contribution in [0.15, 0.2) is 16.6 Å². The first-order valence-corrected chi connectivity index (χ1v) is 7.76. The first kappa shape index (κ1) is 15.2. The molecule has 1 aromatic rings. The van der Waals surface area contributed by atoms with Gasteiger partial charge in [-0.05, 0) is 47.8 Å². The summed E-state index contributed by atoms with van der Waals surface area (Å²) in [5.74, 6) is 1.14. The van der Waals surface area contributed by atoms with E-state index in [1.54, 1.807) is 19.2 Å². The Labute approximate surface area is 128 Å². The zero-order valence-electron chi connectivity index (χ0n) is 11.9. The minimum Gasteiger partial charge on any atom is -0.493 e. The Morgan fingerprint density at radius 2 is 2.10 bits per heavy atom. The molecule has 0 heterocycles. The van der Waals surface area contributed by atoms with E-state index in [4.69, 9.17) is 9.47 Å². The average molecular weight is 342 g/mol. The normalized spacial score (nSPS) is 15.2. The highest BCUT2D eigenvalue weighted by Crippen LogP contribution is 2.36. The predicted molar refractivity (Wildman–Crippen MR) is 81.6 cm³/mol. The molecule has 0 atom stereocenters. The van der Waals surface area contributed by atoms with Crippen molar-refractivity contribution in [2.45, 2.75) is 38.6 Å². The van der Waals surface area contributed by atoms with Crippen LogP contribution in [0.4, 0.5) is 0 Å². The summed E-state index contributed by atoms with van der Waals surface area (Å²) in [6.45, 7) is 2.45. The van der Waals surface area contributed by atoms with Gasteiger partial charge >= 0.3 is 0 Å². The predicted octanol–water partition coefficient (Wildman–Crippen LogP) is 3.53. The van der Waals surface area contributed by atoms with Crippen molar-refractivity contribution in [3.63, 3.8) is 0 Å². The highest BCUT2D eigenvalue weighted by molar-refractivity contribution is 9.10. The van der Waals surface area contributed by atoms with Gasteiger partial charge in [0.1, 0.15) is 0 Å². The summed E-state index contributed by atoms with van der Waals surface area (Å²) in [6.07, 6.45) is 4.53. The number of amides is 1. The molecule has 4 nitrogen and oxygen atoms in total.